The number of allylic oxidation sites excluding steroid dienone is 1. The van der Waals surface area contributed by atoms with Gasteiger partial charge in [0, 0.05) is 0 Å². The molecule has 0 saturated carbocycles. The lowest BCUT2D eigenvalue weighted by Gasteiger charge is -1.96. The summed E-state index contributed by atoms with van der Waals surface area (Å²) in [5, 5.41) is 3.06. The van der Waals surface area contributed by atoms with Crippen LogP contribution in [0.5, 0.6) is 0 Å². The van der Waals surface area contributed by atoms with Crippen molar-refractivity contribution in [2.24, 2.45) is 0 Å². The lowest BCUT2D eigenvalue weighted by Crippen LogP contribution is -2.05. The van der Waals surface area contributed by atoms with Crippen LogP contribution in [0.15, 0.2) is 36.4 Å². The van der Waals surface area contributed by atoms with Crippen molar-refractivity contribution in [2.75, 3.05) is 13.6 Å². The molecule has 76 valence electrons. The largest absolute Gasteiger partial charge is 0.319 e. The van der Waals surface area contributed by atoms with E-state index in [-0.39, 0.29) is 5.82 Å². The fourth-order valence-corrected chi connectivity index (χ4v) is 1.23. The van der Waals surface area contributed by atoms with Gasteiger partial charge in [0.05, 0.1) is 0 Å². The average molecular weight is 193 g/mol. The quantitative estimate of drug-likeness (QED) is 0.559. The Morgan fingerprint density at radius 1 is 1.36 bits per heavy atom. The van der Waals surface area contributed by atoms with E-state index in [1.165, 1.54) is 6.07 Å². The van der Waals surface area contributed by atoms with E-state index >= 15 is 0 Å². The Labute approximate surface area is 84.6 Å². The molecule has 0 aliphatic rings. The highest BCUT2D eigenvalue weighted by atomic mass is 19.1. The molecule has 1 N–H and O–H groups in total. The van der Waals surface area contributed by atoms with Gasteiger partial charge in [-0.25, -0.2) is 4.39 Å². The summed E-state index contributed by atoms with van der Waals surface area (Å²) < 4.78 is 12.8. The van der Waals surface area contributed by atoms with E-state index in [4.69, 9.17) is 0 Å². The predicted molar refractivity (Wildman–Crippen MR) is 57.8 cm³/mol. The standard InChI is InChI=1S/C12H16FN/c1-14-9-4-2-3-6-11-7-5-8-12(13)10-11/h2-3,5,7-8,10,14H,4,6,9H2,1H3. The van der Waals surface area contributed by atoms with Crippen LogP contribution < -0.4 is 5.32 Å². The molecule has 14 heavy (non-hydrogen) atoms. The number of halogens is 1. The van der Waals surface area contributed by atoms with Crippen molar-refractivity contribution in [1.82, 2.24) is 5.32 Å². The summed E-state index contributed by atoms with van der Waals surface area (Å²) in [6.07, 6.45) is 6.01. The van der Waals surface area contributed by atoms with Crippen LogP contribution >= 0.6 is 0 Å². The zero-order chi connectivity index (χ0) is 10.2. The number of hydrogen-bond acceptors (Lipinski definition) is 1. The molecule has 0 spiro atoms. The Hall–Kier alpha value is -1.15. The van der Waals surface area contributed by atoms with Crippen LogP contribution in [0.4, 0.5) is 4.39 Å². The van der Waals surface area contributed by atoms with Gasteiger partial charge in [-0.3, -0.25) is 0 Å². The maximum absolute atomic E-state index is 12.8. The summed E-state index contributed by atoms with van der Waals surface area (Å²) in [5.74, 6) is -0.161. The second-order valence-corrected chi connectivity index (χ2v) is 3.20. The summed E-state index contributed by atoms with van der Waals surface area (Å²) in [4.78, 5) is 0. The molecule has 0 fully saturated rings. The first-order chi connectivity index (χ1) is 6.83. The number of hydrogen-bond donors (Lipinski definition) is 1. The van der Waals surface area contributed by atoms with Gasteiger partial charge in [-0.05, 0) is 44.1 Å². The maximum atomic E-state index is 12.8. The topological polar surface area (TPSA) is 12.0 Å². The number of benzene rings is 1. The second kappa shape index (κ2) is 6.33. The van der Waals surface area contributed by atoms with Crippen molar-refractivity contribution in [1.29, 1.82) is 0 Å². The van der Waals surface area contributed by atoms with Gasteiger partial charge in [-0.2, -0.15) is 0 Å². The van der Waals surface area contributed by atoms with E-state index in [9.17, 15) is 4.39 Å². The van der Waals surface area contributed by atoms with Crippen LogP contribution in [0.2, 0.25) is 0 Å². The normalized spacial score (nSPS) is 11.0. The zero-order valence-corrected chi connectivity index (χ0v) is 8.46. The van der Waals surface area contributed by atoms with Gasteiger partial charge in [-0.1, -0.05) is 24.3 Å². The fraction of sp³-hybridized carbons (Fsp3) is 0.333. The first-order valence-electron chi connectivity index (χ1n) is 4.87. The van der Waals surface area contributed by atoms with Crippen LogP contribution in [0.3, 0.4) is 0 Å². The monoisotopic (exact) mass is 193 g/mol. The fourth-order valence-electron chi connectivity index (χ4n) is 1.23. The Morgan fingerprint density at radius 2 is 2.21 bits per heavy atom. The highest BCUT2D eigenvalue weighted by Gasteiger charge is 1.91. The Kier molecular flexibility index (Phi) is 4.94. The van der Waals surface area contributed by atoms with Crippen LogP contribution in [-0.4, -0.2) is 13.6 Å². The minimum atomic E-state index is -0.161. The molecule has 0 heterocycles. The van der Waals surface area contributed by atoms with Crippen LogP contribution in [0.1, 0.15) is 12.0 Å². The Balaban J connectivity index is 2.34. The van der Waals surface area contributed by atoms with Crippen molar-refractivity contribution in [3.8, 4) is 0 Å². The first-order valence-corrected chi connectivity index (χ1v) is 4.87. The molecule has 1 aromatic carbocycles. The van der Waals surface area contributed by atoms with Gasteiger partial charge in [0.2, 0.25) is 0 Å². The molecule has 1 aromatic rings. The SMILES string of the molecule is CNCCC=CCc1cccc(F)c1. The van der Waals surface area contributed by atoms with Crippen molar-refractivity contribution >= 4 is 0 Å². The summed E-state index contributed by atoms with van der Waals surface area (Å²) in [5.41, 5.74) is 1.02. The highest BCUT2D eigenvalue weighted by Crippen LogP contribution is 2.04. The van der Waals surface area contributed by atoms with Gasteiger partial charge < -0.3 is 5.32 Å². The average Bonchev–Trinajstić information content (AvgIpc) is 2.18. The third kappa shape index (κ3) is 4.19. The van der Waals surface area contributed by atoms with Crippen LogP contribution in [0, 0.1) is 5.82 Å². The van der Waals surface area contributed by atoms with Crippen molar-refractivity contribution in [2.45, 2.75) is 12.8 Å². The Bertz CT molecular complexity index is 294. The summed E-state index contributed by atoms with van der Waals surface area (Å²) in [6.45, 7) is 0.986. The van der Waals surface area contributed by atoms with Gasteiger partial charge in [-0.15, -0.1) is 0 Å². The predicted octanol–water partition coefficient (Wildman–Crippen LogP) is 2.53. The number of rotatable bonds is 5. The van der Waals surface area contributed by atoms with E-state index in [1.54, 1.807) is 12.1 Å². The van der Waals surface area contributed by atoms with Gasteiger partial charge >= 0.3 is 0 Å². The van der Waals surface area contributed by atoms with Crippen LogP contribution in [0.25, 0.3) is 0 Å². The van der Waals surface area contributed by atoms with E-state index in [0.717, 1.165) is 24.9 Å². The van der Waals surface area contributed by atoms with E-state index < -0.39 is 0 Å². The highest BCUT2D eigenvalue weighted by molar-refractivity contribution is 5.18. The molecule has 0 radical (unpaired) electrons. The molecule has 0 aliphatic heterocycles. The maximum Gasteiger partial charge on any atom is 0.123 e. The van der Waals surface area contributed by atoms with E-state index in [2.05, 4.69) is 17.5 Å². The summed E-state index contributed by atoms with van der Waals surface area (Å²) in [7, 11) is 1.93. The molecular weight excluding hydrogens is 177 g/mol. The minimum absolute atomic E-state index is 0.161. The third-order valence-electron chi connectivity index (χ3n) is 1.97. The van der Waals surface area contributed by atoms with E-state index in [0.29, 0.717) is 0 Å². The van der Waals surface area contributed by atoms with E-state index in [1.807, 2.05) is 13.1 Å². The minimum Gasteiger partial charge on any atom is -0.319 e. The van der Waals surface area contributed by atoms with Crippen LogP contribution in [-0.2, 0) is 6.42 Å². The Morgan fingerprint density at radius 3 is 2.93 bits per heavy atom. The lowest BCUT2D eigenvalue weighted by atomic mass is 10.1. The van der Waals surface area contributed by atoms with Gasteiger partial charge in [0.25, 0.3) is 0 Å². The molecule has 0 aliphatic carbocycles. The van der Waals surface area contributed by atoms with Gasteiger partial charge in [0.15, 0.2) is 0 Å². The second-order valence-electron chi connectivity index (χ2n) is 3.20. The molecular formula is C12H16FN. The molecule has 1 rings (SSSR count). The number of nitrogens with one attached hydrogen (secondary N) is 1. The summed E-state index contributed by atoms with van der Waals surface area (Å²) in [6, 6.07) is 6.72. The van der Waals surface area contributed by atoms with Crippen molar-refractivity contribution in [3.05, 3.63) is 47.8 Å². The smallest absolute Gasteiger partial charge is 0.123 e. The molecule has 0 atom stereocenters. The molecule has 2 heteroatoms. The molecule has 0 amide bonds. The van der Waals surface area contributed by atoms with Crippen molar-refractivity contribution in [3.63, 3.8) is 0 Å². The zero-order valence-electron chi connectivity index (χ0n) is 8.46. The molecule has 0 aromatic heterocycles. The van der Waals surface area contributed by atoms with Gasteiger partial charge in [0.1, 0.15) is 5.82 Å². The first kappa shape index (κ1) is 10.9. The molecule has 0 saturated heterocycles. The lowest BCUT2D eigenvalue weighted by molar-refractivity contribution is 0.626. The summed E-state index contributed by atoms with van der Waals surface area (Å²) >= 11 is 0. The molecule has 0 bridgehead atoms. The molecule has 0 unspecified atom stereocenters. The molecule has 1 nitrogen and oxygen atoms in total. The third-order valence-corrected chi connectivity index (χ3v) is 1.97. The van der Waals surface area contributed by atoms with Crippen molar-refractivity contribution < 1.29 is 4.39 Å².